The molecule has 1 rings (SSSR count). The van der Waals surface area contributed by atoms with Crippen molar-refractivity contribution in [3.63, 3.8) is 0 Å². The van der Waals surface area contributed by atoms with E-state index in [0.717, 1.165) is 5.69 Å². The molecule has 0 bridgehead atoms. The third-order valence-electron chi connectivity index (χ3n) is 5.49. The SMILES string of the molecule is CC(C)[Si](F)([N-]c1c(C(C)(C)C)cc(C(C)(C)C)cc1C(C)(C)C)C(C)C.[Li+]. The van der Waals surface area contributed by atoms with Gasteiger partial charge in [0.15, 0.2) is 8.57 Å². The van der Waals surface area contributed by atoms with E-state index in [1.165, 1.54) is 16.7 Å². The molecule has 1 aromatic rings. The van der Waals surface area contributed by atoms with E-state index >= 15 is 4.11 Å². The molecule has 0 fully saturated rings. The molecule has 0 N–H and O–H groups in total. The summed E-state index contributed by atoms with van der Waals surface area (Å²) in [5, 5.41) is 0. The third kappa shape index (κ3) is 6.13. The first-order chi connectivity index (χ1) is 11.8. The van der Waals surface area contributed by atoms with Crippen molar-refractivity contribution in [2.45, 2.75) is 117 Å². The Morgan fingerprint density at radius 2 is 1.04 bits per heavy atom. The van der Waals surface area contributed by atoms with Crippen LogP contribution in [0, 0.1) is 0 Å². The molecule has 4 heteroatoms. The van der Waals surface area contributed by atoms with E-state index in [1.54, 1.807) is 0 Å². The van der Waals surface area contributed by atoms with Gasteiger partial charge in [0.2, 0.25) is 0 Å². The average molecular weight is 400 g/mol. The number of hydrogen-bond acceptors (Lipinski definition) is 0. The minimum atomic E-state index is -3.30. The Kier molecular flexibility index (Phi) is 8.79. The first-order valence-corrected chi connectivity index (χ1v) is 12.4. The smallest absolute Gasteiger partial charge is 0.660 e. The van der Waals surface area contributed by atoms with Gasteiger partial charge in [-0.05, 0) is 32.9 Å². The fourth-order valence-electron chi connectivity index (χ4n) is 3.43. The predicted molar refractivity (Wildman–Crippen MR) is 123 cm³/mol. The van der Waals surface area contributed by atoms with Crippen molar-refractivity contribution in [1.82, 2.24) is 0 Å². The number of hydrogen-bond donors (Lipinski definition) is 0. The van der Waals surface area contributed by atoms with E-state index < -0.39 is 8.57 Å². The van der Waals surface area contributed by atoms with Crippen molar-refractivity contribution in [2.75, 3.05) is 0 Å². The molecule has 28 heavy (non-hydrogen) atoms. The fourth-order valence-corrected chi connectivity index (χ4v) is 5.86. The Labute approximate surface area is 188 Å². The zero-order chi connectivity index (χ0) is 21.6. The number of rotatable bonds is 4. The summed E-state index contributed by atoms with van der Waals surface area (Å²) in [4.78, 5) is 5.02. The van der Waals surface area contributed by atoms with Crippen molar-refractivity contribution >= 4 is 14.3 Å². The van der Waals surface area contributed by atoms with E-state index in [1.807, 2.05) is 27.7 Å². The summed E-state index contributed by atoms with van der Waals surface area (Å²) in [5.74, 6) is 0. The second-order valence-electron chi connectivity index (χ2n) is 11.8. The Hall–Kier alpha value is -0.236. The molecule has 0 unspecified atom stereocenters. The quantitative estimate of drug-likeness (QED) is 0.447. The molecule has 156 valence electrons. The van der Waals surface area contributed by atoms with Crippen LogP contribution in [0.25, 0.3) is 4.98 Å². The van der Waals surface area contributed by atoms with Crippen molar-refractivity contribution < 1.29 is 23.0 Å². The van der Waals surface area contributed by atoms with Crippen molar-refractivity contribution in [1.29, 1.82) is 0 Å². The molecule has 0 heterocycles. The summed E-state index contributed by atoms with van der Waals surface area (Å²) in [7, 11) is -3.30. The van der Waals surface area contributed by atoms with Gasteiger partial charge in [-0.15, -0.1) is 5.69 Å². The average Bonchev–Trinajstić information content (AvgIpc) is 2.42. The maximum Gasteiger partial charge on any atom is 1.00 e. The minimum absolute atomic E-state index is 0. The molecular weight excluding hydrogens is 356 g/mol. The summed E-state index contributed by atoms with van der Waals surface area (Å²) < 4.78 is 16.2. The molecule has 0 spiro atoms. The number of benzene rings is 1. The molecule has 0 atom stereocenters. The van der Waals surface area contributed by atoms with Gasteiger partial charge in [-0.1, -0.05) is 113 Å². The van der Waals surface area contributed by atoms with E-state index in [9.17, 15) is 0 Å². The molecule has 1 aromatic carbocycles. The second-order valence-corrected chi connectivity index (χ2v) is 15.8. The molecule has 0 radical (unpaired) electrons. The van der Waals surface area contributed by atoms with Crippen molar-refractivity contribution in [3.8, 4) is 0 Å². The van der Waals surface area contributed by atoms with Gasteiger partial charge >= 0.3 is 18.9 Å². The summed E-state index contributed by atoms with van der Waals surface area (Å²) in [6.45, 7) is 28.0. The van der Waals surface area contributed by atoms with E-state index in [0.29, 0.717) is 0 Å². The van der Waals surface area contributed by atoms with Crippen LogP contribution < -0.4 is 18.9 Å². The van der Waals surface area contributed by atoms with Gasteiger partial charge < -0.3 is 9.09 Å². The molecular formula is C24H43FLiNSi. The topological polar surface area (TPSA) is 14.1 Å². The van der Waals surface area contributed by atoms with Gasteiger partial charge in [0.05, 0.1) is 0 Å². The van der Waals surface area contributed by atoms with E-state index in [2.05, 4.69) is 74.4 Å². The van der Waals surface area contributed by atoms with E-state index in [4.69, 9.17) is 4.98 Å². The van der Waals surface area contributed by atoms with Crippen LogP contribution in [-0.2, 0) is 16.2 Å². The summed E-state index contributed by atoms with van der Waals surface area (Å²) in [5.41, 5.74) is 4.34. The Balaban J connectivity index is 0.00000729. The maximum atomic E-state index is 16.2. The summed E-state index contributed by atoms with van der Waals surface area (Å²) in [6.07, 6.45) is 0. The van der Waals surface area contributed by atoms with Gasteiger partial charge in [-0.2, -0.15) is 0 Å². The molecule has 0 aliphatic rings. The van der Waals surface area contributed by atoms with Crippen LogP contribution >= 0.6 is 0 Å². The molecule has 0 aromatic heterocycles. The zero-order valence-corrected chi connectivity index (χ0v) is 22.1. The predicted octanol–water partition coefficient (Wildman–Crippen LogP) is 5.82. The molecule has 0 amide bonds. The van der Waals surface area contributed by atoms with Crippen LogP contribution in [0.15, 0.2) is 12.1 Å². The zero-order valence-electron chi connectivity index (χ0n) is 21.1. The van der Waals surface area contributed by atoms with Crippen molar-refractivity contribution in [3.05, 3.63) is 33.8 Å². The van der Waals surface area contributed by atoms with Crippen LogP contribution in [0.4, 0.5) is 9.80 Å². The van der Waals surface area contributed by atoms with Gasteiger partial charge in [0.1, 0.15) is 0 Å². The third-order valence-corrected chi connectivity index (χ3v) is 9.30. The standard InChI is InChI=1S/C24H43FNSi.Li/c1-16(2)27(25,17(3)4)26-21-19(23(8,9)10)14-18(22(5,6)7)15-20(21)24(11,12)13;/h14-17H,1-13H3;/q-1;+1. The Morgan fingerprint density at radius 3 is 1.25 bits per heavy atom. The maximum absolute atomic E-state index is 16.2. The normalized spacial score (nSPS) is 13.7. The van der Waals surface area contributed by atoms with Gasteiger partial charge in [0.25, 0.3) is 0 Å². The van der Waals surface area contributed by atoms with Crippen LogP contribution in [0.1, 0.15) is 107 Å². The Morgan fingerprint density at radius 1 is 0.714 bits per heavy atom. The number of halogens is 1. The molecule has 0 saturated heterocycles. The van der Waals surface area contributed by atoms with Crippen molar-refractivity contribution in [2.24, 2.45) is 0 Å². The van der Waals surface area contributed by atoms with Gasteiger partial charge in [-0.25, -0.2) is 0 Å². The second kappa shape index (κ2) is 8.87. The van der Waals surface area contributed by atoms with Crippen LogP contribution in [-0.4, -0.2) is 8.57 Å². The summed E-state index contributed by atoms with van der Waals surface area (Å²) in [6, 6.07) is 4.56. The molecule has 0 saturated carbocycles. The molecule has 1 nitrogen and oxygen atoms in total. The minimum Gasteiger partial charge on any atom is -0.660 e. The van der Waals surface area contributed by atoms with Gasteiger partial charge in [-0.3, -0.25) is 0 Å². The largest absolute Gasteiger partial charge is 1.00 e. The van der Waals surface area contributed by atoms with Gasteiger partial charge in [0, 0.05) is 0 Å². The van der Waals surface area contributed by atoms with Crippen LogP contribution in [0.2, 0.25) is 11.1 Å². The first kappa shape index (κ1) is 27.8. The monoisotopic (exact) mass is 399 g/mol. The van der Waals surface area contributed by atoms with E-state index in [-0.39, 0.29) is 46.2 Å². The fraction of sp³-hybridized carbons (Fsp3) is 0.750. The summed E-state index contributed by atoms with van der Waals surface area (Å²) >= 11 is 0. The van der Waals surface area contributed by atoms with Crippen LogP contribution in [0.5, 0.6) is 0 Å². The molecule has 0 aliphatic heterocycles. The Bertz CT molecular complexity index is 618. The molecule has 0 aliphatic carbocycles. The number of nitrogens with zero attached hydrogens (tertiary/aromatic N) is 1. The first-order valence-electron chi connectivity index (χ1n) is 10.4. The van der Waals surface area contributed by atoms with Crippen LogP contribution in [0.3, 0.4) is 0 Å².